The molecule has 11 heavy (non-hydrogen) atoms. The molecule has 0 radical (unpaired) electrons. The Kier molecular flexibility index (Phi) is 1.76. The van der Waals surface area contributed by atoms with Crippen molar-refractivity contribution in [2.24, 2.45) is 4.99 Å². The first-order valence-electron chi connectivity index (χ1n) is 4.12. The van der Waals surface area contributed by atoms with Crippen LogP contribution >= 0.6 is 0 Å². The molecular formula is C8H11NO2. The van der Waals surface area contributed by atoms with Crippen molar-refractivity contribution in [3.63, 3.8) is 0 Å². The van der Waals surface area contributed by atoms with Crippen molar-refractivity contribution in [2.45, 2.75) is 43.9 Å². The SMILES string of the molecule is O=C=NC1CCC2CCC1O2. The summed E-state index contributed by atoms with van der Waals surface area (Å²) in [5.74, 6) is 0. The van der Waals surface area contributed by atoms with Crippen LogP contribution < -0.4 is 0 Å². The van der Waals surface area contributed by atoms with E-state index in [9.17, 15) is 4.79 Å². The van der Waals surface area contributed by atoms with Gasteiger partial charge in [0.15, 0.2) is 0 Å². The monoisotopic (exact) mass is 153 g/mol. The number of carbonyl (C=O) groups excluding carboxylic acids is 1. The van der Waals surface area contributed by atoms with Gasteiger partial charge in [0.2, 0.25) is 6.08 Å². The van der Waals surface area contributed by atoms with E-state index in [4.69, 9.17) is 4.74 Å². The summed E-state index contributed by atoms with van der Waals surface area (Å²) in [6.07, 6.45) is 6.57. The zero-order valence-electron chi connectivity index (χ0n) is 6.32. The van der Waals surface area contributed by atoms with Crippen LogP contribution in [0.1, 0.15) is 25.7 Å². The summed E-state index contributed by atoms with van der Waals surface area (Å²) in [6, 6.07) is 0.103. The number of hydrogen-bond donors (Lipinski definition) is 0. The quantitative estimate of drug-likeness (QED) is 0.417. The Labute approximate surface area is 65.5 Å². The van der Waals surface area contributed by atoms with Gasteiger partial charge in [-0.2, -0.15) is 4.99 Å². The van der Waals surface area contributed by atoms with E-state index in [0.717, 1.165) is 25.7 Å². The Morgan fingerprint density at radius 2 is 2.09 bits per heavy atom. The molecule has 3 heteroatoms. The molecule has 2 aliphatic rings. The Morgan fingerprint density at radius 3 is 2.91 bits per heavy atom. The molecule has 2 saturated heterocycles. The molecule has 3 unspecified atom stereocenters. The van der Waals surface area contributed by atoms with Crippen LogP contribution in [-0.4, -0.2) is 24.3 Å². The summed E-state index contributed by atoms with van der Waals surface area (Å²) < 4.78 is 5.59. The van der Waals surface area contributed by atoms with E-state index in [2.05, 4.69) is 4.99 Å². The van der Waals surface area contributed by atoms with Crippen LogP contribution in [0.3, 0.4) is 0 Å². The summed E-state index contributed by atoms with van der Waals surface area (Å²) in [4.78, 5) is 13.7. The maximum Gasteiger partial charge on any atom is 0.235 e. The molecule has 2 aliphatic heterocycles. The second kappa shape index (κ2) is 2.76. The lowest BCUT2D eigenvalue weighted by atomic mass is 10.1. The van der Waals surface area contributed by atoms with Gasteiger partial charge in [-0.15, -0.1) is 0 Å². The molecule has 3 atom stereocenters. The van der Waals surface area contributed by atoms with E-state index >= 15 is 0 Å². The highest BCUT2D eigenvalue weighted by Gasteiger charge is 2.36. The number of ether oxygens (including phenoxy) is 1. The third kappa shape index (κ3) is 1.22. The van der Waals surface area contributed by atoms with Crippen molar-refractivity contribution in [3.05, 3.63) is 0 Å². The normalized spacial score (nSPS) is 41.6. The second-order valence-electron chi connectivity index (χ2n) is 3.24. The lowest BCUT2D eigenvalue weighted by molar-refractivity contribution is -0.00631. The number of aliphatic imine (C=N–C) groups is 1. The zero-order chi connectivity index (χ0) is 7.68. The summed E-state index contributed by atoms with van der Waals surface area (Å²) in [6.45, 7) is 0. The van der Waals surface area contributed by atoms with Crippen molar-refractivity contribution >= 4 is 6.08 Å². The minimum absolute atomic E-state index is 0.103. The molecule has 0 amide bonds. The van der Waals surface area contributed by atoms with Gasteiger partial charge in [0.25, 0.3) is 0 Å². The molecule has 0 aromatic rings. The maximum atomic E-state index is 10.0. The first-order chi connectivity index (χ1) is 5.40. The molecule has 2 fully saturated rings. The summed E-state index contributed by atoms with van der Waals surface area (Å²) in [5.41, 5.74) is 0. The molecule has 3 nitrogen and oxygen atoms in total. The molecule has 0 N–H and O–H groups in total. The second-order valence-corrected chi connectivity index (χ2v) is 3.24. The summed E-state index contributed by atoms with van der Waals surface area (Å²) >= 11 is 0. The van der Waals surface area contributed by atoms with E-state index in [-0.39, 0.29) is 12.1 Å². The van der Waals surface area contributed by atoms with Crippen LogP contribution in [0.15, 0.2) is 4.99 Å². The van der Waals surface area contributed by atoms with Crippen LogP contribution in [0.5, 0.6) is 0 Å². The van der Waals surface area contributed by atoms with Gasteiger partial charge in [-0.1, -0.05) is 0 Å². The fourth-order valence-corrected chi connectivity index (χ4v) is 1.99. The lowest BCUT2D eigenvalue weighted by Crippen LogP contribution is -2.30. The Bertz CT molecular complexity index is 198. The highest BCUT2D eigenvalue weighted by molar-refractivity contribution is 5.33. The van der Waals surface area contributed by atoms with E-state index in [0.29, 0.717) is 6.10 Å². The van der Waals surface area contributed by atoms with Gasteiger partial charge < -0.3 is 4.74 Å². The molecule has 60 valence electrons. The molecule has 0 spiro atoms. The minimum Gasteiger partial charge on any atom is -0.373 e. The van der Waals surface area contributed by atoms with Gasteiger partial charge in [0, 0.05) is 0 Å². The van der Waals surface area contributed by atoms with Crippen LogP contribution in [0.25, 0.3) is 0 Å². The van der Waals surface area contributed by atoms with Crippen LogP contribution in [-0.2, 0) is 9.53 Å². The maximum absolute atomic E-state index is 10.0. The Morgan fingerprint density at radius 1 is 1.27 bits per heavy atom. The fraction of sp³-hybridized carbons (Fsp3) is 0.875. The minimum atomic E-state index is 0.103. The lowest BCUT2D eigenvalue weighted by Gasteiger charge is -2.24. The summed E-state index contributed by atoms with van der Waals surface area (Å²) in [7, 11) is 0. The van der Waals surface area contributed by atoms with Gasteiger partial charge >= 0.3 is 0 Å². The molecule has 0 aromatic heterocycles. The van der Waals surface area contributed by atoms with Gasteiger partial charge in [0.1, 0.15) is 0 Å². The molecule has 0 aliphatic carbocycles. The molecule has 2 heterocycles. The van der Waals surface area contributed by atoms with E-state index < -0.39 is 0 Å². The van der Waals surface area contributed by atoms with Crippen LogP contribution in [0.4, 0.5) is 0 Å². The smallest absolute Gasteiger partial charge is 0.235 e. The van der Waals surface area contributed by atoms with Crippen molar-refractivity contribution in [2.75, 3.05) is 0 Å². The molecule has 2 rings (SSSR count). The number of rotatable bonds is 1. The zero-order valence-corrected chi connectivity index (χ0v) is 6.32. The van der Waals surface area contributed by atoms with E-state index in [1.807, 2.05) is 0 Å². The van der Waals surface area contributed by atoms with Crippen molar-refractivity contribution in [3.8, 4) is 0 Å². The number of isocyanates is 1. The fourth-order valence-electron chi connectivity index (χ4n) is 1.99. The van der Waals surface area contributed by atoms with Gasteiger partial charge in [-0.05, 0) is 25.7 Å². The predicted octanol–water partition coefficient (Wildman–Crippen LogP) is 1.03. The third-order valence-corrected chi connectivity index (χ3v) is 2.57. The van der Waals surface area contributed by atoms with E-state index in [1.54, 1.807) is 6.08 Å². The number of fused-ring (bicyclic) bond motifs is 2. The number of nitrogens with zero attached hydrogens (tertiary/aromatic N) is 1. The highest BCUT2D eigenvalue weighted by atomic mass is 16.5. The van der Waals surface area contributed by atoms with Crippen molar-refractivity contribution < 1.29 is 9.53 Å². The van der Waals surface area contributed by atoms with Gasteiger partial charge in [-0.3, -0.25) is 0 Å². The molecular weight excluding hydrogens is 142 g/mol. The van der Waals surface area contributed by atoms with Crippen LogP contribution in [0, 0.1) is 0 Å². The first kappa shape index (κ1) is 7.01. The van der Waals surface area contributed by atoms with Gasteiger partial charge in [-0.25, -0.2) is 4.79 Å². The van der Waals surface area contributed by atoms with Crippen molar-refractivity contribution in [1.29, 1.82) is 0 Å². The first-order valence-corrected chi connectivity index (χ1v) is 4.12. The average Bonchev–Trinajstić information content (AvgIpc) is 2.40. The highest BCUT2D eigenvalue weighted by Crippen LogP contribution is 2.33. The standard InChI is InChI=1S/C8H11NO2/c10-5-9-7-3-1-6-2-4-8(7)11-6/h6-8H,1-4H2. The molecule has 2 bridgehead atoms. The predicted molar refractivity (Wildman–Crippen MR) is 39.0 cm³/mol. The van der Waals surface area contributed by atoms with Gasteiger partial charge in [0.05, 0.1) is 18.2 Å². The molecule has 0 aromatic carbocycles. The topological polar surface area (TPSA) is 38.7 Å². The third-order valence-electron chi connectivity index (χ3n) is 2.57. The van der Waals surface area contributed by atoms with E-state index in [1.165, 1.54) is 0 Å². The van der Waals surface area contributed by atoms with Crippen LogP contribution in [0.2, 0.25) is 0 Å². The number of hydrogen-bond acceptors (Lipinski definition) is 3. The Hall–Kier alpha value is -0.660. The van der Waals surface area contributed by atoms with Crippen molar-refractivity contribution in [1.82, 2.24) is 0 Å². The largest absolute Gasteiger partial charge is 0.373 e. The Balaban J connectivity index is 2.06. The molecule has 0 saturated carbocycles. The average molecular weight is 153 g/mol. The summed E-state index contributed by atoms with van der Waals surface area (Å²) in [5, 5.41) is 0.